The summed E-state index contributed by atoms with van der Waals surface area (Å²) >= 11 is 0. The van der Waals surface area contributed by atoms with Crippen LogP contribution in [-0.2, 0) is 12.7 Å². The number of nitrogens with zero attached hydrogens (tertiary/aromatic N) is 5. The average molecular weight is 529 g/mol. The van der Waals surface area contributed by atoms with Crippen molar-refractivity contribution in [2.24, 2.45) is 5.92 Å². The first-order valence-corrected chi connectivity index (χ1v) is 11.5. The van der Waals surface area contributed by atoms with E-state index in [1.807, 2.05) is 13.8 Å². The third-order valence-corrected chi connectivity index (χ3v) is 5.54. The van der Waals surface area contributed by atoms with E-state index in [1.54, 1.807) is 0 Å². The third kappa shape index (κ3) is 5.20. The van der Waals surface area contributed by atoms with Crippen molar-refractivity contribution in [3.63, 3.8) is 0 Å². The second-order valence-electron chi connectivity index (χ2n) is 8.98. The molecule has 0 aliphatic carbocycles. The van der Waals surface area contributed by atoms with E-state index in [0.717, 1.165) is 12.1 Å². The monoisotopic (exact) mass is 529 g/mol. The topological polar surface area (TPSA) is 78.9 Å². The molecule has 3 aromatic rings. The van der Waals surface area contributed by atoms with Crippen LogP contribution in [0, 0.1) is 17.6 Å². The summed E-state index contributed by atoms with van der Waals surface area (Å²) in [5.74, 6) is -1.58. The van der Waals surface area contributed by atoms with Gasteiger partial charge in [0.1, 0.15) is 29.4 Å². The molecule has 0 spiro atoms. The molecule has 0 unspecified atom stereocenters. The normalized spacial score (nSPS) is 12.0. The van der Waals surface area contributed by atoms with Crippen molar-refractivity contribution in [1.29, 1.82) is 0 Å². The lowest BCUT2D eigenvalue weighted by atomic mass is 10.0. The lowest BCUT2D eigenvalue weighted by Gasteiger charge is -2.14. The standard InChI is InChI=1S/C26H20F5N5O2/c1-14(2)13-37-15-6-7-17(19(8-15)26(29,30)31)21-9-16(38-35-21)11-36-12-23-22(10-32-36)33-25(34-23)18-4-3-5-20(27)24(18)28/h3-10,12,14H,11,13H2,1-2H3. The van der Waals surface area contributed by atoms with Gasteiger partial charge in [-0.05, 0) is 36.2 Å². The van der Waals surface area contributed by atoms with Gasteiger partial charge in [-0.2, -0.15) is 18.3 Å². The van der Waals surface area contributed by atoms with Crippen molar-refractivity contribution in [2.45, 2.75) is 26.6 Å². The maximum absolute atomic E-state index is 14.1. The second-order valence-corrected chi connectivity index (χ2v) is 8.98. The summed E-state index contributed by atoms with van der Waals surface area (Å²) in [5, 5.41) is 8.02. The van der Waals surface area contributed by atoms with Crippen LogP contribution >= 0.6 is 0 Å². The molecule has 2 aliphatic rings. The second kappa shape index (κ2) is 9.84. The molecule has 0 saturated heterocycles. The number of aromatic nitrogens is 5. The zero-order valence-electron chi connectivity index (χ0n) is 20.1. The van der Waals surface area contributed by atoms with Crippen LogP contribution in [-0.4, -0.2) is 31.5 Å². The quantitative estimate of drug-likeness (QED) is 0.225. The van der Waals surface area contributed by atoms with Crippen molar-refractivity contribution < 1.29 is 31.2 Å². The van der Waals surface area contributed by atoms with E-state index in [9.17, 15) is 22.0 Å². The summed E-state index contributed by atoms with van der Waals surface area (Å²) < 4.78 is 81.3. The molecule has 3 heterocycles. The Morgan fingerprint density at radius 3 is 2.53 bits per heavy atom. The first-order chi connectivity index (χ1) is 18.1. The van der Waals surface area contributed by atoms with Crippen LogP contribution in [0.5, 0.6) is 5.75 Å². The molecule has 0 fully saturated rings. The van der Waals surface area contributed by atoms with Crippen LogP contribution in [0.2, 0.25) is 0 Å². The summed E-state index contributed by atoms with van der Waals surface area (Å²) in [6, 6.07) is 8.80. The maximum Gasteiger partial charge on any atom is 0.417 e. The Bertz CT molecular complexity index is 1560. The predicted octanol–water partition coefficient (Wildman–Crippen LogP) is 6.48. The molecule has 12 heteroatoms. The smallest absolute Gasteiger partial charge is 0.417 e. The van der Waals surface area contributed by atoms with Crippen LogP contribution in [0.3, 0.4) is 0 Å². The van der Waals surface area contributed by atoms with Crippen LogP contribution in [0.1, 0.15) is 25.2 Å². The molecule has 0 radical (unpaired) electrons. The number of fused-ring (bicyclic) bond motifs is 1. The summed E-state index contributed by atoms with van der Waals surface area (Å²) in [4.78, 5) is 8.44. The van der Waals surface area contributed by atoms with Crippen molar-refractivity contribution in [3.8, 4) is 39.8 Å². The van der Waals surface area contributed by atoms with Crippen LogP contribution in [0.15, 0.2) is 59.4 Å². The van der Waals surface area contributed by atoms with E-state index in [2.05, 4.69) is 20.2 Å². The summed E-state index contributed by atoms with van der Waals surface area (Å²) in [6.45, 7) is 4.10. The maximum atomic E-state index is 14.1. The first kappa shape index (κ1) is 25.3. The molecule has 0 N–H and O–H groups in total. The molecule has 7 nitrogen and oxygen atoms in total. The van der Waals surface area contributed by atoms with Gasteiger partial charge in [-0.1, -0.05) is 25.1 Å². The number of imidazole rings is 1. The van der Waals surface area contributed by atoms with Gasteiger partial charge in [0.2, 0.25) is 0 Å². The fourth-order valence-corrected chi connectivity index (χ4v) is 3.75. The van der Waals surface area contributed by atoms with Gasteiger partial charge in [-0.25, -0.2) is 18.7 Å². The Balaban J connectivity index is 1.40. The summed E-state index contributed by atoms with van der Waals surface area (Å²) in [5.41, 5.74) is -0.422. The van der Waals surface area contributed by atoms with E-state index in [0.29, 0.717) is 11.4 Å². The Labute approximate surface area is 213 Å². The van der Waals surface area contributed by atoms with Gasteiger partial charge in [0, 0.05) is 11.6 Å². The molecule has 196 valence electrons. The Hall–Kier alpha value is -4.35. The molecule has 0 atom stereocenters. The van der Waals surface area contributed by atoms with Crippen LogP contribution < -0.4 is 4.74 Å². The van der Waals surface area contributed by atoms with Gasteiger partial charge in [-0.3, -0.25) is 4.68 Å². The zero-order chi connectivity index (χ0) is 27.0. The number of hydrogen-bond donors (Lipinski definition) is 0. The van der Waals surface area contributed by atoms with E-state index in [1.165, 1.54) is 47.4 Å². The summed E-state index contributed by atoms with van der Waals surface area (Å²) in [6.07, 6.45) is -1.74. The molecule has 38 heavy (non-hydrogen) atoms. The number of hydrogen-bond acceptors (Lipinski definition) is 6. The van der Waals surface area contributed by atoms with E-state index < -0.39 is 23.4 Å². The predicted molar refractivity (Wildman–Crippen MR) is 126 cm³/mol. The lowest BCUT2D eigenvalue weighted by Crippen LogP contribution is -2.09. The molecular weight excluding hydrogens is 509 g/mol. The van der Waals surface area contributed by atoms with Gasteiger partial charge in [0.25, 0.3) is 0 Å². The number of benzene rings is 2. The number of rotatable bonds is 7. The lowest BCUT2D eigenvalue weighted by molar-refractivity contribution is -0.137. The largest absolute Gasteiger partial charge is 0.493 e. The first-order valence-electron chi connectivity index (χ1n) is 11.5. The third-order valence-electron chi connectivity index (χ3n) is 5.54. The minimum Gasteiger partial charge on any atom is -0.493 e. The van der Waals surface area contributed by atoms with E-state index in [-0.39, 0.29) is 53.2 Å². The molecule has 1 aromatic heterocycles. The zero-order valence-corrected chi connectivity index (χ0v) is 20.1. The highest BCUT2D eigenvalue weighted by molar-refractivity contribution is 5.66. The minimum atomic E-state index is -4.64. The van der Waals surface area contributed by atoms with Crippen molar-refractivity contribution in [2.75, 3.05) is 6.61 Å². The van der Waals surface area contributed by atoms with Crippen LogP contribution in [0.4, 0.5) is 22.0 Å². The highest BCUT2D eigenvalue weighted by atomic mass is 19.4. The van der Waals surface area contributed by atoms with Gasteiger partial charge in [-0.15, -0.1) is 0 Å². The number of halogens is 5. The average Bonchev–Trinajstić information content (AvgIpc) is 3.50. The van der Waals surface area contributed by atoms with Gasteiger partial charge >= 0.3 is 6.18 Å². The molecule has 2 aliphatic heterocycles. The van der Waals surface area contributed by atoms with Crippen molar-refractivity contribution >= 4 is 0 Å². The van der Waals surface area contributed by atoms with E-state index in [4.69, 9.17) is 9.26 Å². The molecule has 5 rings (SSSR count). The highest BCUT2D eigenvalue weighted by Gasteiger charge is 2.35. The highest BCUT2D eigenvalue weighted by Crippen LogP contribution is 2.39. The van der Waals surface area contributed by atoms with Gasteiger partial charge in [0.15, 0.2) is 23.2 Å². The molecular formula is C26H20F5N5O2. The van der Waals surface area contributed by atoms with Crippen molar-refractivity contribution in [1.82, 2.24) is 24.9 Å². The van der Waals surface area contributed by atoms with Crippen LogP contribution in [0.25, 0.3) is 34.0 Å². The molecule has 2 aromatic carbocycles. The van der Waals surface area contributed by atoms with E-state index >= 15 is 0 Å². The van der Waals surface area contributed by atoms with Crippen molar-refractivity contribution in [3.05, 3.63) is 77.8 Å². The Morgan fingerprint density at radius 1 is 0.974 bits per heavy atom. The van der Waals surface area contributed by atoms with Gasteiger partial charge < -0.3 is 9.26 Å². The number of alkyl halides is 3. The molecule has 0 saturated carbocycles. The number of ether oxygens (including phenoxy) is 1. The minimum absolute atomic E-state index is 0.000924. The fraction of sp³-hybridized carbons (Fsp3) is 0.231. The summed E-state index contributed by atoms with van der Waals surface area (Å²) in [7, 11) is 0. The van der Waals surface area contributed by atoms with Gasteiger partial charge in [0.05, 0.1) is 30.1 Å². The molecule has 0 bridgehead atoms. The Kier molecular flexibility index (Phi) is 6.55. The Morgan fingerprint density at radius 2 is 1.76 bits per heavy atom. The fourth-order valence-electron chi connectivity index (χ4n) is 3.75. The molecule has 0 amide bonds. The SMILES string of the molecule is CC(C)COc1ccc(-c2cc(Cn3cc4nc(-c5cccc(F)c5F)nc-4cn3)on2)c(C(F)(F)F)c1.